The zero-order valence-electron chi connectivity index (χ0n) is 14.4. The number of hydrogen-bond donors (Lipinski definition) is 1. The van der Waals surface area contributed by atoms with Crippen molar-refractivity contribution >= 4 is 8.07 Å². The van der Waals surface area contributed by atoms with Gasteiger partial charge in [0.1, 0.15) is 0 Å². The zero-order valence-corrected chi connectivity index (χ0v) is 15.4. The standard InChI is InChI=1S/C17H32O3Si/c1-17(2)11-15(18)13(12-21(3,4)5)14(17)7-6-8-16-19-9-10-20-16/h15-16,18H,6-12H2,1-5H3/t15-/m0/s1. The third-order valence-electron chi connectivity index (χ3n) is 4.59. The van der Waals surface area contributed by atoms with Crippen LogP contribution in [0.2, 0.25) is 25.7 Å². The van der Waals surface area contributed by atoms with Crippen LogP contribution in [-0.2, 0) is 9.47 Å². The predicted octanol–water partition coefficient (Wildman–Crippen LogP) is 3.96. The first-order valence-electron chi connectivity index (χ1n) is 8.33. The summed E-state index contributed by atoms with van der Waals surface area (Å²) in [5.41, 5.74) is 3.01. The highest BCUT2D eigenvalue weighted by molar-refractivity contribution is 6.76. The first-order chi connectivity index (χ1) is 9.69. The molecule has 122 valence electrons. The van der Waals surface area contributed by atoms with Crippen LogP contribution in [0.15, 0.2) is 11.1 Å². The van der Waals surface area contributed by atoms with Crippen LogP contribution in [0.5, 0.6) is 0 Å². The van der Waals surface area contributed by atoms with Crippen molar-refractivity contribution in [1.82, 2.24) is 0 Å². The Bertz CT molecular complexity index is 389. The van der Waals surface area contributed by atoms with Gasteiger partial charge in [-0.15, -0.1) is 0 Å². The van der Waals surface area contributed by atoms with Gasteiger partial charge in [0.2, 0.25) is 0 Å². The van der Waals surface area contributed by atoms with Crippen molar-refractivity contribution in [1.29, 1.82) is 0 Å². The molecule has 0 bridgehead atoms. The van der Waals surface area contributed by atoms with Crippen molar-refractivity contribution < 1.29 is 14.6 Å². The van der Waals surface area contributed by atoms with Crippen molar-refractivity contribution in [2.75, 3.05) is 13.2 Å². The molecule has 4 heteroatoms. The maximum absolute atomic E-state index is 10.5. The average Bonchev–Trinajstić information content (AvgIpc) is 2.89. The van der Waals surface area contributed by atoms with Crippen LogP contribution in [0.4, 0.5) is 0 Å². The third kappa shape index (κ3) is 4.65. The van der Waals surface area contributed by atoms with E-state index in [0.29, 0.717) is 0 Å². The molecule has 0 saturated carbocycles. The fourth-order valence-electron chi connectivity index (χ4n) is 3.68. The van der Waals surface area contributed by atoms with E-state index in [-0.39, 0.29) is 17.8 Å². The Morgan fingerprint density at radius 2 is 1.81 bits per heavy atom. The van der Waals surface area contributed by atoms with Crippen LogP contribution in [0, 0.1) is 5.41 Å². The maximum atomic E-state index is 10.5. The van der Waals surface area contributed by atoms with Crippen LogP contribution in [0.3, 0.4) is 0 Å². The lowest BCUT2D eigenvalue weighted by molar-refractivity contribution is -0.0477. The minimum atomic E-state index is -1.20. The van der Waals surface area contributed by atoms with Crippen molar-refractivity contribution in [2.24, 2.45) is 5.41 Å². The monoisotopic (exact) mass is 312 g/mol. The number of rotatable bonds is 6. The van der Waals surface area contributed by atoms with E-state index in [1.165, 1.54) is 11.1 Å². The van der Waals surface area contributed by atoms with Gasteiger partial charge in [0.25, 0.3) is 0 Å². The van der Waals surface area contributed by atoms with E-state index in [9.17, 15) is 5.11 Å². The predicted molar refractivity (Wildman–Crippen MR) is 89.1 cm³/mol. The largest absolute Gasteiger partial charge is 0.389 e. The molecule has 0 unspecified atom stereocenters. The van der Waals surface area contributed by atoms with E-state index < -0.39 is 8.07 Å². The van der Waals surface area contributed by atoms with Gasteiger partial charge in [-0.1, -0.05) is 39.1 Å². The quantitative estimate of drug-likeness (QED) is 0.596. The SMILES string of the molecule is CC1(C)C[C@H](O)C(C[Si](C)(C)C)=C1CCCC1OCCO1. The highest BCUT2D eigenvalue weighted by Crippen LogP contribution is 2.47. The Morgan fingerprint density at radius 1 is 1.19 bits per heavy atom. The van der Waals surface area contributed by atoms with Crippen LogP contribution in [0.25, 0.3) is 0 Å². The van der Waals surface area contributed by atoms with Crippen LogP contribution in [-0.4, -0.2) is 38.8 Å². The lowest BCUT2D eigenvalue weighted by atomic mass is 9.82. The molecule has 1 fully saturated rings. The molecule has 3 nitrogen and oxygen atoms in total. The average molecular weight is 313 g/mol. The Morgan fingerprint density at radius 3 is 2.38 bits per heavy atom. The highest BCUT2D eigenvalue weighted by atomic mass is 28.3. The van der Waals surface area contributed by atoms with Crippen molar-refractivity contribution in [3.8, 4) is 0 Å². The lowest BCUT2D eigenvalue weighted by Crippen LogP contribution is -2.23. The smallest absolute Gasteiger partial charge is 0.157 e. The Labute approximate surface area is 130 Å². The summed E-state index contributed by atoms with van der Waals surface area (Å²) < 4.78 is 11.0. The fraction of sp³-hybridized carbons (Fsp3) is 0.882. The van der Waals surface area contributed by atoms with Gasteiger partial charge < -0.3 is 14.6 Å². The van der Waals surface area contributed by atoms with Gasteiger partial charge in [-0.25, -0.2) is 0 Å². The van der Waals surface area contributed by atoms with Gasteiger partial charge in [0.05, 0.1) is 19.3 Å². The normalized spacial score (nSPS) is 26.9. The maximum Gasteiger partial charge on any atom is 0.157 e. The molecule has 0 aromatic carbocycles. The molecule has 1 aliphatic carbocycles. The second kappa shape index (κ2) is 6.53. The number of aliphatic hydroxyl groups excluding tert-OH is 1. The van der Waals surface area contributed by atoms with E-state index in [4.69, 9.17) is 9.47 Å². The molecule has 2 aliphatic rings. The zero-order chi connectivity index (χ0) is 15.7. The summed E-state index contributed by atoms with van der Waals surface area (Å²) in [6.07, 6.45) is 3.80. The summed E-state index contributed by atoms with van der Waals surface area (Å²) in [4.78, 5) is 0. The first kappa shape index (κ1) is 17.2. The van der Waals surface area contributed by atoms with Gasteiger partial charge in [-0.2, -0.15) is 0 Å². The summed E-state index contributed by atoms with van der Waals surface area (Å²) >= 11 is 0. The molecule has 1 heterocycles. The summed E-state index contributed by atoms with van der Waals surface area (Å²) in [5, 5.41) is 10.5. The molecule has 1 aliphatic heterocycles. The molecular weight excluding hydrogens is 280 g/mol. The third-order valence-corrected chi connectivity index (χ3v) is 6.03. The minimum Gasteiger partial charge on any atom is -0.389 e. The number of aliphatic hydroxyl groups is 1. The van der Waals surface area contributed by atoms with Crippen LogP contribution < -0.4 is 0 Å². The molecule has 0 aromatic rings. The Kier molecular flexibility index (Phi) is 5.34. The second-order valence-electron chi connectivity index (χ2n) is 8.41. The molecule has 21 heavy (non-hydrogen) atoms. The summed E-state index contributed by atoms with van der Waals surface area (Å²) in [5.74, 6) is 0. The summed E-state index contributed by atoms with van der Waals surface area (Å²) in [6.45, 7) is 13.2. The molecular formula is C17H32O3Si. The van der Waals surface area contributed by atoms with Gasteiger partial charge >= 0.3 is 0 Å². The highest BCUT2D eigenvalue weighted by Gasteiger charge is 2.39. The van der Waals surface area contributed by atoms with Crippen molar-refractivity contribution in [2.45, 2.75) is 77.6 Å². The second-order valence-corrected chi connectivity index (χ2v) is 13.9. The molecule has 1 saturated heterocycles. The topological polar surface area (TPSA) is 38.7 Å². The molecule has 1 N–H and O–H groups in total. The molecule has 2 rings (SSSR count). The van der Waals surface area contributed by atoms with Crippen molar-refractivity contribution in [3.05, 3.63) is 11.1 Å². The van der Waals surface area contributed by atoms with E-state index in [1.54, 1.807) is 0 Å². The lowest BCUT2D eigenvalue weighted by Gasteiger charge is -2.24. The van der Waals surface area contributed by atoms with Crippen LogP contribution >= 0.6 is 0 Å². The van der Waals surface area contributed by atoms with Crippen LogP contribution in [0.1, 0.15) is 39.5 Å². The first-order valence-corrected chi connectivity index (χ1v) is 12.0. The number of hydrogen-bond acceptors (Lipinski definition) is 3. The van der Waals surface area contributed by atoms with E-state index in [2.05, 4.69) is 33.5 Å². The molecule has 0 spiro atoms. The Balaban J connectivity index is 2.02. The molecule has 0 radical (unpaired) electrons. The Hall–Kier alpha value is -0.163. The fourth-order valence-corrected chi connectivity index (χ4v) is 5.27. The summed E-state index contributed by atoms with van der Waals surface area (Å²) in [6, 6.07) is 1.13. The summed E-state index contributed by atoms with van der Waals surface area (Å²) in [7, 11) is -1.20. The molecule has 0 amide bonds. The van der Waals surface area contributed by atoms with E-state index in [0.717, 1.165) is 44.9 Å². The minimum absolute atomic E-state index is 0.000444. The van der Waals surface area contributed by atoms with Gasteiger partial charge in [0, 0.05) is 8.07 Å². The number of allylic oxidation sites excluding steroid dienone is 1. The van der Waals surface area contributed by atoms with Crippen molar-refractivity contribution in [3.63, 3.8) is 0 Å². The van der Waals surface area contributed by atoms with Gasteiger partial charge in [-0.3, -0.25) is 0 Å². The van der Waals surface area contributed by atoms with E-state index in [1.807, 2.05) is 0 Å². The molecule has 0 aromatic heterocycles. The number of ether oxygens (including phenoxy) is 2. The van der Waals surface area contributed by atoms with Gasteiger partial charge in [-0.05, 0) is 42.7 Å². The molecule has 1 atom stereocenters. The van der Waals surface area contributed by atoms with Gasteiger partial charge in [0.15, 0.2) is 6.29 Å². The van der Waals surface area contributed by atoms with E-state index >= 15 is 0 Å².